The molecule has 0 aliphatic carbocycles. The maximum Gasteiger partial charge on any atom is 0.0979 e. The van der Waals surface area contributed by atoms with Crippen LogP contribution in [0, 0.1) is 0 Å². The Bertz CT molecular complexity index is 202. The van der Waals surface area contributed by atoms with Gasteiger partial charge in [0.25, 0.3) is 0 Å². The standard InChI is InChI=1S/C13H28Br2Si/c1-11(2,3)16(10(14)15,12(4,5)6)13(7,8)9/h10H,1-9H3. The number of rotatable bonds is 1. The van der Waals surface area contributed by atoms with Crippen molar-refractivity contribution in [3.05, 3.63) is 0 Å². The Labute approximate surface area is 120 Å². The molecule has 0 aliphatic rings. The van der Waals surface area contributed by atoms with Gasteiger partial charge in [0.05, 0.1) is 11.4 Å². The second-order valence-corrected chi connectivity index (χ2v) is 19.3. The van der Waals surface area contributed by atoms with Crippen molar-refractivity contribution in [3.8, 4) is 0 Å². The van der Waals surface area contributed by atoms with Gasteiger partial charge in [-0.15, -0.1) is 0 Å². The number of halogens is 2. The number of hydrogen-bond acceptors (Lipinski definition) is 0. The van der Waals surface area contributed by atoms with Crippen LogP contribution < -0.4 is 0 Å². The van der Waals surface area contributed by atoms with Gasteiger partial charge in [0.2, 0.25) is 0 Å². The lowest BCUT2D eigenvalue weighted by atomic mass is 10.2. The van der Waals surface area contributed by atoms with E-state index in [2.05, 4.69) is 94.2 Å². The molecular formula is C13H28Br2Si. The van der Waals surface area contributed by atoms with Crippen LogP contribution >= 0.6 is 31.9 Å². The lowest BCUT2D eigenvalue weighted by molar-refractivity contribution is 0.535. The summed E-state index contributed by atoms with van der Waals surface area (Å²) in [6.45, 7) is 21.7. The van der Waals surface area contributed by atoms with Gasteiger partial charge >= 0.3 is 0 Å². The van der Waals surface area contributed by atoms with E-state index >= 15 is 0 Å². The van der Waals surface area contributed by atoms with Crippen molar-refractivity contribution in [1.29, 1.82) is 0 Å². The van der Waals surface area contributed by atoms with Gasteiger partial charge in [-0.05, 0) is 15.1 Å². The molecule has 0 fully saturated rings. The lowest BCUT2D eigenvalue weighted by Crippen LogP contribution is -2.63. The first-order valence-corrected chi connectivity index (χ1v) is 9.88. The number of hydrogen-bond donors (Lipinski definition) is 0. The van der Waals surface area contributed by atoms with Crippen LogP contribution in [0.5, 0.6) is 0 Å². The van der Waals surface area contributed by atoms with E-state index in [-0.39, 0.29) is 0 Å². The third-order valence-corrected chi connectivity index (χ3v) is 15.7. The molecule has 0 aromatic rings. The second-order valence-electron chi connectivity index (χ2n) is 7.86. The summed E-state index contributed by atoms with van der Waals surface area (Å²) in [7, 11) is -1.64. The fraction of sp³-hybridized carbons (Fsp3) is 1.00. The minimum absolute atomic E-state index is 0.348. The third kappa shape index (κ3) is 2.61. The fourth-order valence-corrected chi connectivity index (χ4v) is 25.4. The zero-order valence-corrected chi connectivity index (χ0v) is 16.5. The highest BCUT2D eigenvalue weighted by Gasteiger charge is 2.62. The minimum atomic E-state index is -1.64. The smallest absolute Gasteiger partial charge is 0.0802 e. The average molecular weight is 372 g/mol. The van der Waals surface area contributed by atoms with E-state index in [1.165, 1.54) is 0 Å². The van der Waals surface area contributed by atoms with Crippen LogP contribution in [0.4, 0.5) is 0 Å². The molecule has 0 saturated carbocycles. The van der Waals surface area contributed by atoms with Crippen molar-refractivity contribution >= 4 is 39.9 Å². The Kier molecular flexibility index (Phi) is 5.04. The molecule has 0 rings (SSSR count). The summed E-state index contributed by atoms with van der Waals surface area (Å²) >= 11 is 7.77. The zero-order chi connectivity index (χ0) is 13.6. The molecule has 0 atom stereocenters. The summed E-state index contributed by atoms with van der Waals surface area (Å²) in [6.07, 6.45) is 0. The first kappa shape index (κ1) is 17.2. The first-order valence-electron chi connectivity index (χ1n) is 5.98. The Balaban J connectivity index is 6.05. The monoisotopic (exact) mass is 370 g/mol. The fourth-order valence-electron chi connectivity index (χ4n) is 4.36. The van der Waals surface area contributed by atoms with Crippen LogP contribution in [0.2, 0.25) is 15.1 Å². The Morgan fingerprint density at radius 2 is 0.812 bits per heavy atom. The average Bonchev–Trinajstić information content (AvgIpc) is 1.71. The van der Waals surface area contributed by atoms with Crippen LogP contribution in [0.3, 0.4) is 0 Å². The molecule has 16 heavy (non-hydrogen) atoms. The molecule has 3 heteroatoms. The molecule has 0 saturated heterocycles. The van der Waals surface area contributed by atoms with Gasteiger partial charge in [-0.25, -0.2) is 0 Å². The van der Waals surface area contributed by atoms with Gasteiger partial charge in [0.1, 0.15) is 0 Å². The molecule has 0 spiro atoms. The van der Waals surface area contributed by atoms with Crippen molar-refractivity contribution in [1.82, 2.24) is 0 Å². The highest BCUT2D eigenvalue weighted by Crippen LogP contribution is 2.65. The summed E-state index contributed by atoms with van der Waals surface area (Å²) in [6, 6.07) is 0. The van der Waals surface area contributed by atoms with Crippen LogP contribution in [-0.4, -0.2) is 11.4 Å². The topological polar surface area (TPSA) is 0 Å². The van der Waals surface area contributed by atoms with Crippen LogP contribution in [-0.2, 0) is 0 Å². The van der Waals surface area contributed by atoms with Gasteiger partial charge in [-0.1, -0.05) is 94.2 Å². The van der Waals surface area contributed by atoms with Crippen LogP contribution in [0.1, 0.15) is 62.3 Å². The van der Waals surface area contributed by atoms with E-state index in [1.807, 2.05) is 0 Å². The van der Waals surface area contributed by atoms with E-state index in [0.29, 0.717) is 18.5 Å². The summed E-state index contributed by atoms with van der Waals surface area (Å²) in [5, 5.41) is 1.05. The predicted molar refractivity (Wildman–Crippen MR) is 86.5 cm³/mol. The summed E-state index contributed by atoms with van der Waals surface area (Å²) < 4.78 is 0.438. The molecule has 0 aromatic heterocycles. The van der Waals surface area contributed by atoms with Gasteiger partial charge in [0, 0.05) is 0 Å². The molecular weight excluding hydrogens is 344 g/mol. The predicted octanol–water partition coefficient (Wildman–Crippen LogP) is 6.49. The SMILES string of the molecule is CC(C)(C)[Si](C(Br)Br)(C(C)(C)C)C(C)(C)C. The van der Waals surface area contributed by atoms with Crippen LogP contribution in [0.25, 0.3) is 0 Å². The molecule has 0 aromatic carbocycles. The minimum Gasteiger partial charge on any atom is -0.0802 e. The normalized spacial score (nSPS) is 15.8. The Hall–Kier alpha value is 1.18. The summed E-state index contributed by atoms with van der Waals surface area (Å²) in [5.74, 6) is 0. The Morgan fingerprint density at radius 3 is 0.812 bits per heavy atom. The van der Waals surface area contributed by atoms with Gasteiger partial charge in [-0.3, -0.25) is 0 Å². The van der Waals surface area contributed by atoms with E-state index < -0.39 is 8.07 Å². The maximum absolute atomic E-state index is 3.88. The molecule has 0 radical (unpaired) electrons. The molecule has 0 amide bonds. The van der Waals surface area contributed by atoms with Gasteiger partial charge in [-0.2, -0.15) is 0 Å². The number of alkyl halides is 2. The maximum atomic E-state index is 3.88. The zero-order valence-electron chi connectivity index (χ0n) is 12.3. The Morgan fingerprint density at radius 1 is 0.625 bits per heavy atom. The van der Waals surface area contributed by atoms with Crippen molar-refractivity contribution in [2.45, 2.75) is 80.8 Å². The summed E-state index contributed by atoms with van der Waals surface area (Å²) in [4.78, 5) is 0. The van der Waals surface area contributed by atoms with Crippen LogP contribution in [0.15, 0.2) is 0 Å². The van der Waals surface area contributed by atoms with Gasteiger partial charge < -0.3 is 0 Å². The highest BCUT2D eigenvalue weighted by atomic mass is 79.9. The van der Waals surface area contributed by atoms with Crippen molar-refractivity contribution in [2.75, 3.05) is 0 Å². The van der Waals surface area contributed by atoms with Crippen molar-refractivity contribution in [2.24, 2.45) is 0 Å². The van der Waals surface area contributed by atoms with Crippen molar-refractivity contribution in [3.63, 3.8) is 0 Å². The molecule has 0 bridgehead atoms. The molecule has 0 aliphatic heterocycles. The largest absolute Gasteiger partial charge is 0.0979 e. The van der Waals surface area contributed by atoms with E-state index in [1.54, 1.807) is 0 Å². The van der Waals surface area contributed by atoms with Crippen molar-refractivity contribution < 1.29 is 0 Å². The third-order valence-electron chi connectivity index (χ3n) is 3.88. The van der Waals surface area contributed by atoms with E-state index in [4.69, 9.17) is 0 Å². The second kappa shape index (κ2) is 4.69. The highest BCUT2D eigenvalue weighted by molar-refractivity contribution is 9.25. The molecule has 98 valence electrons. The molecule has 0 unspecified atom stereocenters. The first-order chi connectivity index (χ1) is 6.69. The molecule has 0 nitrogen and oxygen atoms in total. The summed E-state index contributed by atoms with van der Waals surface area (Å²) in [5.41, 5.74) is 0. The molecule has 0 heterocycles. The van der Waals surface area contributed by atoms with Gasteiger partial charge in [0.15, 0.2) is 0 Å². The lowest BCUT2D eigenvalue weighted by Gasteiger charge is -2.60. The molecule has 0 N–H and O–H groups in total. The van der Waals surface area contributed by atoms with E-state index in [9.17, 15) is 0 Å². The van der Waals surface area contributed by atoms with E-state index in [0.717, 1.165) is 0 Å². The quantitative estimate of drug-likeness (QED) is 0.365.